The van der Waals surface area contributed by atoms with Gasteiger partial charge in [0.15, 0.2) is 0 Å². The van der Waals surface area contributed by atoms with Crippen molar-refractivity contribution in [2.24, 2.45) is 0 Å². The number of halogens is 1. The van der Waals surface area contributed by atoms with Crippen LogP contribution in [-0.4, -0.2) is 49.6 Å². The van der Waals surface area contributed by atoms with E-state index in [0.717, 1.165) is 51.6 Å². The van der Waals surface area contributed by atoms with Gasteiger partial charge in [-0.15, -0.1) is 12.4 Å². The minimum atomic E-state index is -0.386. The van der Waals surface area contributed by atoms with E-state index in [1.807, 2.05) is 0 Å². The number of aromatic amines is 1. The molecule has 0 bridgehead atoms. The molecule has 0 saturated carbocycles. The van der Waals surface area contributed by atoms with E-state index in [9.17, 15) is 0 Å². The van der Waals surface area contributed by atoms with Gasteiger partial charge < -0.3 is 9.72 Å². The van der Waals surface area contributed by atoms with Crippen LogP contribution in [-0.2, 0) is 27.8 Å². The summed E-state index contributed by atoms with van der Waals surface area (Å²) in [7, 11) is 8.96. The molecular formula is C37H50ClN3O. The summed E-state index contributed by atoms with van der Waals surface area (Å²) in [6, 6.07) is 31.0. The largest absolute Gasteiger partial charge is 0.368 e. The lowest BCUT2D eigenvalue weighted by molar-refractivity contribution is -0.0928. The average Bonchev–Trinajstić information content (AvgIpc) is 3.39. The molecule has 4 aromatic rings. The summed E-state index contributed by atoms with van der Waals surface area (Å²) in [6.07, 6.45) is 6.98. The lowest BCUT2D eigenvalue weighted by Crippen LogP contribution is -2.46. The van der Waals surface area contributed by atoms with Gasteiger partial charge in [-0.3, -0.25) is 9.80 Å². The Labute approximate surface area is 259 Å². The highest BCUT2D eigenvalue weighted by molar-refractivity contribution is 5.85. The van der Waals surface area contributed by atoms with Crippen molar-refractivity contribution in [3.05, 3.63) is 107 Å². The van der Waals surface area contributed by atoms with Gasteiger partial charge in [-0.2, -0.15) is 0 Å². The van der Waals surface area contributed by atoms with Crippen molar-refractivity contribution in [1.82, 2.24) is 14.8 Å². The molecule has 0 saturated heterocycles. The second-order valence-electron chi connectivity index (χ2n) is 12.4. The first-order chi connectivity index (χ1) is 19.8. The Hall–Kier alpha value is -2.63. The van der Waals surface area contributed by atoms with Gasteiger partial charge in [-0.25, -0.2) is 0 Å². The van der Waals surface area contributed by atoms with Crippen LogP contribution in [0.4, 0.5) is 0 Å². The maximum absolute atomic E-state index is 7.06. The third-order valence-electron chi connectivity index (χ3n) is 10.4. The molecule has 2 atom stereocenters. The highest BCUT2D eigenvalue weighted by Crippen LogP contribution is 2.49. The van der Waals surface area contributed by atoms with Gasteiger partial charge in [-0.1, -0.05) is 92.7 Å². The molecule has 2 unspecified atom stereocenters. The third kappa shape index (κ3) is 5.67. The number of para-hydroxylation sites is 1. The Morgan fingerprint density at radius 2 is 1.19 bits per heavy atom. The van der Waals surface area contributed by atoms with Crippen molar-refractivity contribution >= 4 is 23.3 Å². The van der Waals surface area contributed by atoms with Crippen molar-refractivity contribution in [2.45, 2.75) is 75.5 Å². The Bertz CT molecular complexity index is 1350. The number of hydrogen-bond donors (Lipinski definition) is 1. The Morgan fingerprint density at radius 1 is 0.714 bits per heavy atom. The second kappa shape index (κ2) is 13.3. The lowest BCUT2D eigenvalue weighted by Gasteiger charge is -2.47. The third-order valence-corrected chi connectivity index (χ3v) is 10.4. The molecule has 1 N–H and O–H groups in total. The van der Waals surface area contributed by atoms with Gasteiger partial charge >= 0.3 is 0 Å². The first kappa shape index (κ1) is 32.3. The fourth-order valence-electron chi connectivity index (χ4n) is 7.75. The highest BCUT2D eigenvalue weighted by atomic mass is 35.5. The molecule has 0 radical (unpaired) electrons. The molecule has 3 aromatic carbocycles. The van der Waals surface area contributed by atoms with Gasteiger partial charge in [0, 0.05) is 22.0 Å². The molecule has 1 aliphatic heterocycles. The van der Waals surface area contributed by atoms with Crippen molar-refractivity contribution < 1.29 is 4.74 Å². The van der Waals surface area contributed by atoms with Crippen molar-refractivity contribution in [1.29, 1.82) is 0 Å². The lowest BCUT2D eigenvalue weighted by atomic mass is 9.72. The summed E-state index contributed by atoms with van der Waals surface area (Å²) in [5.74, 6) is 0. The second-order valence-corrected chi connectivity index (χ2v) is 12.4. The highest BCUT2D eigenvalue weighted by Gasteiger charge is 2.45. The number of rotatable bonds is 12. The Morgan fingerprint density at radius 3 is 1.67 bits per heavy atom. The molecule has 1 aromatic heterocycles. The monoisotopic (exact) mass is 587 g/mol. The molecule has 5 rings (SSSR count). The van der Waals surface area contributed by atoms with Crippen molar-refractivity contribution in [2.75, 3.05) is 34.8 Å². The smallest absolute Gasteiger partial charge is 0.108 e. The summed E-state index contributed by atoms with van der Waals surface area (Å²) in [5, 5.41) is 1.35. The predicted molar refractivity (Wildman–Crippen MR) is 180 cm³/mol. The molecule has 0 aliphatic carbocycles. The van der Waals surface area contributed by atoms with E-state index in [4.69, 9.17) is 4.74 Å². The van der Waals surface area contributed by atoms with E-state index < -0.39 is 0 Å². The molecule has 0 fully saturated rings. The SMILES string of the molecule is CCC(CCC1(CCC(CC)(c2ccccc2)N(C)C)OCCc2c1[nH]c1ccccc21)(c1ccccc1)N(C)C.Cl. The van der Waals surface area contributed by atoms with E-state index in [1.54, 1.807) is 0 Å². The van der Waals surface area contributed by atoms with Crippen LogP contribution in [0.5, 0.6) is 0 Å². The first-order valence-corrected chi connectivity index (χ1v) is 15.5. The number of hydrogen-bond acceptors (Lipinski definition) is 3. The van der Waals surface area contributed by atoms with Gasteiger partial charge in [0.05, 0.1) is 12.3 Å². The molecule has 0 spiro atoms. The van der Waals surface area contributed by atoms with E-state index in [1.165, 1.54) is 33.3 Å². The fraction of sp³-hybridized carbons (Fsp3) is 0.459. The van der Waals surface area contributed by atoms with E-state index >= 15 is 0 Å². The number of nitrogens with zero attached hydrogens (tertiary/aromatic N) is 2. The minimum Gasteiger partial charge on any atom is -0.368 e. The molecule has 0 amide bonds. The summed E-state index contributed by atoms with van der Waals surface area (Å²) >= 11 is 0. The summed E-state index contributed by atoms with van der Waals surface area (Å²) in [5.41, 5.74) is 6.23. The maximum atomic E-state index is 7.06. The van der Waals surface area contributed by atoms with Crippen molar-refractivity contribution in [3.8, 4) is 0 Å². The van der Waals surface area contributed by atoms with Gasteiger partial charge in [0.1, 0.15) is 5.60 Å². The maximum Gasteiger partial charge on any atom is 0.108 e. The first-order valence-electron chi connectivity index (χ1n) is 15.5. The predicted octanol–water partition coefficient (Wildman–Crippen LogP) is 8.65. The molecule has 2 heterocycles. The van der Waals surface area contributed by atoms with E-state index in [0.29, 0.717) is 0 Å². The molecule has 4 nitrogen and oxygen atoms in total. The standard InChI is InChI=1S/C37H49N3O.ClH/c1-7-35(39(3)4,29-17-11-9-12-18-29)24-26-37(27-25-36(8-2,40(5)6)30-19-13-10-14-20-30)34-32(23-28-41-37)31-21-15-16-22-33(31)38-34;/h9-22,38H,7-8,23-28H2,1-6H3;1H. The van der Waals surface area contributed by atoms with Crippen LogP contribution in [0.25, 0.3) is 10.9 Å². The molecule has 1 aliphatic rings. The van der Waals surface area contributed by atoms with E-state index in [-0.39, 0.29) is 29.1 Å². The molecule has 42 heavy (non-hydrogen) atoms. The zero-order valence-corrected chi connectivity index (χ0v) is 27.3. The zero-order chi connectivity index (χ0) is 29.1. The number of aromatic nitrogens is 1. The summed E-state index contributed by atoms with van der Waals surface area (Å²) in [6.45, 7) is 5.42. The van der Waals surface area contributed by atoms with E-state index in [2.05, 4.69) is 142 Å². The van der Waals surface area contributed by atoms with Crippen LogP contribution in [0.15, 0.2) is 84.9 Å². The summed E-state index contributed by atoms with van der Waals surface area (Å²) in [4.78, 5) is 8.77. The number of fused-ring (bicyclic) bond motifs is 3. The number of H-pyrrole nitrogens is 1. The fourth-order valence-corrected chi connectivity index (χ4v) is 7.75. The number of nitrogens with one attached hydrogen (secondary N) is 1. The summed E-state index contributed by atoms with van der Waals surface area (Å²) < 4.78 is 7.06. The van der Waals surface area contributed by atoms with Crippen molar-refractivity contribution in [3.63, 3.8) is 0 Å². The zero-order valence-electron chi connectivity index (χ0n) is 26.5. The Balaban J connectivity index is 0.00000405. The number of ether oxygens (including phenoxy) is 1. The van der Waals surface area contributed by atoms with Crippen LogP contribution in [0.2, 0.25) is 0 Å². The van der Waals surface area contributed by atoms with Gasteiger partial charge in [0.2, 0.25) is 0 Å². The van der Waals surface area contributed by atoms with Gasteiger partial charge in [-0.05, 0) is 95.9 Å². The topological polar surface area (TPSA) is 31.5 Å². The normalized spacial score (nSPS) is 19.7. The quantitative estimate of drug-likeness (QED) is 0.180. The molecule has 5 heteroatoms. The van der Waals surface area contributed by atoms with Gasteiger partial charge in [0.25, 0.3) is 0 Å². The average molecular weight is 588 g/mol. The van der Waals surface area contributed by atoms with Crippen LogP contribution < -0.4 is 0 Å². The van der Waals surface area contributed by atoms with Crippen LogP contribution in [0.3, 0.4) is 0 Å². The van der Waals surface area contributed by atoms with Crippen LogP contribution >= 0.6 is 12.4 Å². The molecule has 226 valence electrons. The Kier molecular flexibility index (Phi) is 10.3. The molecular weight excluding hydrogens is 538 g/mol. The van der Waals surface area contributed by atoms with Crippen LogP contribution in [0.1, 0.15) is 74.8 Å². The number of benzene rings is 3. The minimum absolute atomic E-state index is 0. The van der Waals surface area contributed by atoms with Crippen LogP contribution in [0, 0.1) is 0 Å².